The fraction of sp³-hybridized carbons (Fsp3) is 0.650. The summed E-state index contributed by atoms with van der Waals surface area (Å²) in [5, 5.41) is 6.92. The molecule has 1 aromatic carbocycles. The maximum Gasteiger partial charge on any atom is 0.191 e. The van der Waals surface area contributed by atoms with Crippen molar-refractivity contribution in [2.75, 3.05) is 31.6 Å². The fourth-order valence-corrected chi connectivity index (χ4v) is 3.96. The molecule has 0 saturated heterocycles. The zero-order valence-electron chi connectivity index (χ0n) is 18.1. The Bertz CT molecular complexity index is 799. The fourth-order valence-electron chi connectivity index (χ4n) is 2.61. The number of rotatable bonds is 9. The van der Waals surface area contributed by atoms with Gasteiger partial charge < -0.3 is 10.6 Å². The van der Waals surface area contributed by atoms with Crippen molar-refractivity contribution in [3.05, 3.63) is 34.6 Å². The molecule has 0 aliphatic heterocycles. The average molecular weight is 562 g/mol. The minimum atomic E-state index is -2.99. The minimum Gasteiger partial charge on any atom is -0.357 e. The van der Waals surface area contributed by atoms with E-state index >= 15 is 0 Å². The van der Waals surface area contributed by atoms with Crippen LogP contribution in [-0.2, 0) is 15.3 Å². The van der Waals surface area contributed by atoms with Gasteiger partial charge in [0.2, 0.25) is 0 Å². The van der Waals surface area contributed by atoms with Crippen LogP contribution in [0, 0.1) is 11.2 Å². The Balaban J connectivity index is 0.00000784. The molecule has 0 radical (unpaired) electrons. The lowest BCUT2D eigenvalue weighted by Gasteiger charge is -2.28. The average Bonchev–Trinajstić information content (AvgIpc) is 2.55. The molecular formula is C20H34ClFIN3O2S. The van der Waals surface area contributed by atoms with Crippen molar-refractivity contribution in [2.24, 2.45) is 10.4 Å². The van der Waals surface area contributed by atoms with E-state index in [0.717, 1.165) is 5.56 Å². The molecule has 0 bridgehead atoms. The van der Waals surface area contributed by atoms with Crippen LogP contribution >= 0.6 is 35.6 Å². The number of hydrogen-bond donors (Lipinski definition) is 2. The summed E-state index contributed by atoms with van der Waals surface area (Å²) in [6.45, 7) is 11.8. The molecule has 0 spiro atoms. The first-order chi connectivity index (χ1) is 12.8. The van der Waals surface area contributed by atoms with E-state index in [0.29, 0.717) is 37.0 Å². The van der Waals surface area contributed by atoms with E-state index in [9.17, 15) is 12.8 Å². The molecule has 9 heteroatoms. The highest BCUT2D eigenvalue weighted by Gasteiger charge is 2.24. The van der Waals surface area contributed by atoms with Gasteiger partial charge in [0, 0.05) is 36.3 Å². The molecular weight excluding hydrogens is 528 g/mol. The lowest BCUT2D eigenvalue weighted by atomic mass is 9.84. The third-order valence-electron chi connectivity index (χ3n) is 4.52. The number of guanidine groups is 1. The van der Waals surface area contributed by atoms with Gasteiger partial charge in [-0.15, -0.1) is 24.0 Å². The summed E-state index contributed by atoms with van der Waals surface area (Å²) in [6.07, 6.45) is 1.80. The summed E-state index contributed by atoms with van der Waals surface area (Å²) in [4.78, 5) is 4.63. The lowest BCUT2D eigenvalue weighted by Crippen LogP contribution is -2.44. The summed E-state index contributed by atoms with van der Waals surface area (Å²) in [5.41, 5.74) is 0.279. The molecule has 0 amide bonds. The first-order valence-electron chi connectivity index (χ1n) is 9.41. The largest absolute Gasteiger partial charge is 0.357 e. The molecule has 168 valence electrons. The maximum atomic E-state index is 13.3. The zero-order chi connectivity index (χ0) is 21.6. The Morgan fingerprint density at radius 2 is 1.83 bits per heavy atom. The van der Waals surface area contributed by atoms with Gasteiger partial charge in [0.15, 0.2) is 5.96 Å². The molecule has 0 aliphatic rings. The minimum absolute atomic E-state index is 0. The van der Waals surface area contributed by atoms with Crippen molar-refractivity contribution < 1.29 is 12.8 Å². The summed E-state index contributed by atoms with van der Waals surface area (Å²) >= 11 is 6.22. The second kappa shape index (κ2) is 11.7. The van der Waals surface area contributed by atoms with Gasteiger partial charge in [0.25, 0.3) is 0 Å². The van der Waals surface area contributed by atoms with E-state index in [4.69, 9.17) is 11.6 Å². The SMILES string of the molecule is CCNC(=NCC(C)(C)CCS(C)(=O)=O)NCC(C)(C)c1ccc(F)cc1Cl.I. The molecule has 5 nitrogen and oxygen atoms in total. The van der Waals surface area contributed by atoms with E-state index in [1.165, 1.54) is 18.4 Å². The molecule has 0 saturated carbocycles. The summed E-state index contributed by atoms with van der Waals surface area (Å²) < 4.78 is 36.2. The predicted molar refractivity (Wildman–Crippen MR) is 132 cm³/mol. The Hall–Kier alpha value is -0.610. The highest BCUT2D eigenvalue weighted by molar-refractivity contribution is 14.0. The number of benzene rings is 1. The van der Waals surface area contributed by atoms with Crippen molar-refractivity contribution in [1.29, 1.82) is 0 Å². The van der Waals surface area contributed by atoms with Crippen LogP contribution in [0.25, 0.3) is 0 Å². The number of halogens is 3. The monoisotopic (exact) mass is 561 g/mol. The molecule has 0 atom stereocenters. The van der Waals surface area contributed by atoms with Crippen LogP contribution in [0.5, 0.6) is 0 Å². The highest BCUT2D eigenvalue weighted by Crippen LogP contribution is 2.30. The molecule has 0 heterocycles. The smallest absolute Gasteiger partial charge is 0.191 e. The molecule has 2 N–H and O–H groups in total. The maximum absolute atomic E-state index is 13.3. The lowest BCUT2D eigenvalue weighted by molar-refractivity contribution is 0.365. The van der Waals surface area contributed by atoms with E-state index in [-0.39, 0.29) is 46.4 Å². The van der Waals surface area contributed by atoms with Crippen molar-refractivity contribution in [3.63, 3.8) is 0 Å². The molecule has 0 fully saturated rings. The van der Waals surface area contributed by atoms with Crippen LogP contribution < -0.4 is 10.6 Å². The van der Waals surface area contributed by atoms with Crippen LogP contribution in [0.3, 0.4) is 0 Å². The van der Waals surface area contributed by atoms with Gasteiger partial charge in [-0.3, -0.25) is 4.99 Å². The Morgan fingerprint density at radius 3 is 2.34 bits per heavy atom. The van der Waals surface area contributed by atoms with Gasteiger partial charge in [-0.05, 0) is 36.5 Å². The Kier molecular flexibility index (Phi) is 11.4. The summed E-state index contributed by atoms with van der Waals surface area (Å²) in [5.74, 6) is 0.445. The van der Waals surface area contributed by atoms with Crippen molar-refractivity contribution in [1.82, 2.24) is 10.6 Å². The second-order valence-corrected chi connectivity index (χ2v) is 11.3. The number of hydrogen-bond acceptors (Lipinski definition) is 3. The van der Waals surface area contributed by atoms with Gasteiger partial charge in [-0.25, -0.2) is 12.8 Å². The Morgan fingerprint density at radius 1 is 1.21 bits per heavy atom. The number of nitrogens with zero attached hydrogens (tertiary/aromatic N) is 1. The van der Waals surface area contributed by atoms with Crippen LogP contribution in [0.1, 0.15) is 46.6 Å². The van der Waals surface area contributed by atoms with Crippen molar-refractivity contribution in [2.45, 2.75) is 46.5 Å². The van der Waals surface area contributed by atoms with Gasteiger partial charge >= 0.3 is 0 Å². The summed E-state index contributed by atoms with van der Waals surface area (Å²) in [7, 11) is -2.99. The van der Waals surface area contributed by atoms with Crippen LogP contribution in [0.2, 0.25) is 5.02 Å². The highest BCUT2D eigenvalue weighted by atomic mass is 127. The zero-order valence-corrected chi connectivity index (χ0v) is 22.0. The van der Waals surface area contributed by atoms with E-state index in [2.05, 4.69) is 15.6 Å². The molecule has 1 aromatic rings. The van der Waals surface area contributed by atoms with Gasteiger partial charge in [-0.2, -0.15) is 0 Å². The van der Waals surface area contributed by atoms with Crippen LogP contribution in [0.4, 0.5) is 4.39 Å². The molecule has 0 aromatic heterocycles. The van der Waals surface area contributed by atoms with E-state index < -0.39 is 9.84 Å². The molecule has 0 unspecified atom stereocenters. The van der Waals surface area contributed by atoms with Gasteiger partial charge in [-0.1, -0.05) is 45.4 Å². The predicted octanol–water partition coefficient (Wildman–Crippen LogP) is 4.39. The van der Waals surface area contributed by atoms with Crippen LogP contribution in [0.15, 0.2) is 23.2 Å². The number of sulfone groups is 1. The van der Waals surface area contributed by atoms with Gasteiger partial charge in [0.05, 0.1) is 5.75 Å². The normalized spacial score (nSPS) is 13.0. The van der Waals surface area contributed by atoms with Crippen molar-refractivity contribution >= 4 is 51.4 Å². The number of nitrogens with one attached hydrogen (secondary N) is 2. The van der Waals surface area contributed by atoms with Gasteiger partial charge in [0.1, 0.15) is 15.7 Å². The topological polar surface area (TPSA) is 70.6 Å². The number of aliphatic imine (C=N–C) groups is 1. The first kappa shape index (κ1) is 28.4. The standard InChI is InChI=1S/C20H33ClFN3O2S.HI/c1-7-23-18(24-13-19(2,3)10-11-28(6,26)27)25-14-20(4,5)16-9-8-15(22)12-17(16)21;/h8-9,12H,7,10-11,13-14H2,1-6H3,(H2,23,24,25);1H. The molecule has 0 aliphatic carbocycles. The second-order valence-electron chi connectivity index (χ2n) is 8.60. The van der Waals surface area contributed by atoms with Crippen molar-refractivity contribution in [3.8, 4) is 0 Å². The third kappa shape index (κ3) is 10.8. The molecule has 1 rings (SSSR count). The summed E-state index contributed by atoms with van der Waals surface area (Å²) in [6, 6.07) is 4.44. The quantitative estimate of drug-likeness (QED) is 0.267. The first-order valence-corrected chi connectivity index (χ1v) is 11.8. The third-order valence-corrected chi connectivity index (χ3v) is 5.78. The van der Waals surface area contributed by atoms with Crippen LogP contribution in [-0.4, -0.2) is 46.0 Å². The molecule has 29 heavy (non-hydrogen) atoms. The van der Waals surface area contributed by atoms with E-state index in [1.54, 1.807) is 6.07 Å². The van der Waals surface area contributed by atoms with E-state index in [1.807, 2.05) is 34.6 Å². The Labute approximate surface area is 197 Å².